The SMILES string of the molecule is Cc1ccc([N+](=O)[O-])c(N2CCC(=Cc3noc(-c4ccsc4)n3)CC2)n1. The molecule has 1 saturated heterocycles. The van der Waals surface area contributed by atoms with E-state index in [0.29, 0.717) is 30.6 Å². The van der Waals surface area contributed by atoms with Crippen molar-refractivity contribution in [2.45, 2.75) is 19.8 Å². The molecule has 9 heteroatoms. The van der Waals surface area contributed by atoms with Crippen molar-refractivity contribution < 1.29 is 9.45 Å². The van der Waals surface area contributed by atoms with Crippen LogP contribution in [-0.2, 0) is 0 Å². The van der Waals surface area contributed by atoms with Crippen LogP contribution in [-0.4, -0.2) is 33.1 Å². The number of aryl methyl sites for hydroxylation is 1. The Bertz CT molecular complexity index is 986. The molecule has 0 spiro atoms. The molecule has 0 N–H and O–H groups in total. The Morgan fingerprint density at radius 2 is 2.07 bits per heavy atom. The Hall–Kier alpha value is -3.07. The lowest BCUT2D eigenvalue weighted by atomic mass is 10.0. The second kappa shape index (κ2) is 7.28. The van der Waals surface area contributed by atoms with Gasteiger partial charge in [0.1, 0.15) is 0 Å². The first-order valence-corrected chi connectivity index (χ1v) is 9.47. The summed E-state index contributed by atoms with van der Waals surface area (Å²) in [7, 11) is 0. The van der Waals surface area contributed by atoms with E-state index < -0.39 is 0 Å². The van der Waals surface area contributed by atoms with Gasteiger partial charge in [-0.05, 0) is 43.4 Å². The number of piperidine rings is 1. The number of nitro groups is 1. The van der Waals surface area contributed by atoms with Crippen molar-refractivity contribution in [3.8, 4) is 11.5 Å². The van der Waals surface area contributed by atoms with Gasteiger partial charge in [-0.1, -0.05) is 10.7 Å². The molecule has 3 aromatic rings. The standard InChI is InChI=1S/C18H17N5O3S/c1-12-2-3-15(23(24)25)17(19-12)22-7-4-13(5-8-22)10-16-20-18(26-21-16)14-6-9-27-11-14/h2-3,6,9-11H,4-5,7-8H2,1H3. The van der Waals surface area contributed by atoms with Gasteiger partial charge in [-0.15, -0.1) is 0 Å². The molecule has 0 atom stereocenters. The minimum Gasteiger partial charge on any atom is -0.350 e. The zero-order valence-corrected chi connectivity index (χ0v) is 15.5. The van der Waals surface area contributed by atoms with Crippen LogP contribution in [0.5, 0.6) is 0 Å². The number of rotatable bonds is 4. The van der Waals surface area contributed by atoms with Crippen molar-refractivity contribution in [3.05, 3.63) is 56.2 Å². The third-order valence-corrected chi connectivity index (χ3v) is 5.12. The molecule has 0 saturated carbocycles. The smallest absolute Gasteiger partial charge is 0.311 e. The van der Waals surface area contributed by atoms with E-state index in [1.54, 1.807) is 17.4 Å². The molecule has 0 aromatic carbocycles. The molecule has 0 amide bonds. The average molecular weight is 383 g/mol. The van der Waals surface area contributed by atoms with E-state index in [-0.39, 0.29) is 10.6 Å². The molecule has 27 heavy (non-hydrogen) atoms. The third kappa shape index (κ3) is 3.72. The lowest BCUT2D eigenvalue weighted by Gasteiger charge is -2.29. The van der Waals surface area contributed by atoms with Crippen LogP contribution in [0.2, 0.25) is 0 Å². The zero-order chi connectivity index (χ0) is 18.8. The lowest BCUT2D eigenvalue weighted by molar-refractivity contribution is -0.384. The fraction of sp³-hybridized carbons (Fsp3) is 0.278. The molecule has 1 aliphatic rings. The second-order valence-corrected chi connectivity index (χ2v) is 7.09. The predicted octanol–water partition coefficient (Wildman–Crippen LogP) is 4.09. The Morgan fingerprint density at radius 3 is 2.78 bits per heavy atom. The number of nitrogens with zero attached hydrogens (tertiary/aromatic N) is 5. The first-order valence-electron chi connectivity index (χ1n) is 8.53. The van der Waals surface area contributed by atoms with Gasteiger partial charge in [-0.25, -0.2) is 4.98 Å². The van der Waals surface area contributed by atoms with Crippen molar-refractivity contribution in [2.24, 2.45) is 0 Å². The molecule has 0 radical (unpaired) electrons. The van der Waals surface area contributed by atoms with E-state index in [9.17, 15) is 10.1 Å². The molecular formula is C18H17N5O3S. The maximum atomic E-state index is 11.3. The summed E-state index contributed by atoms with van der Waals surface area (Å²) in [5.74, 6) is 1.51. The van der Waals surface area contributed by atoms with Gasteiger partial charge in [-0.2, -0.15) is 16.3 Å². The van der Waals surface area contributed by atoms with Gasteiger partial charge in [0.05, 0.1) is 10.5 Å². The molecule has 0 bridgehead atoms. The maximum Gasteiger partial charge on any atom is 0.311 e. The van der Waals surface area contributed by atoms with Crippen LogP contribution < -0.4 is 4.90 Å². The van der Waals surface area contributed by atoms with Crippen LogP contribution in [0.1, 0.15) is 24.4 Å². The van der Waals surface area contributed by atoms with E-state index >= 15 is 0 Å². The molecule has 1 fully saturated rings. The molecule has 3 aromatic heterocycles. The van der Waals surface area contributed by atoms with Crippen LogP contribution >= 0.6 is 11.3 Å². The van der Waals surface area contributed by atoms with Crippen molar-refractivity contribution in [1.82, 2.24) is 15.1 Å². The summed E-state index contributed by atoms with van der Waals surface area (Å²) in [5.41, 5.74) is 2.93. The molecule has 0 aliphatic carbocycles. The van der Waals surface area contributed by atoms with Gasteiger partial charge in [0.15, 0.2) is 5.82 Å². The van der Waals surface area contributed by atoms with Gasteiger partial charge in [0, 0.05) is 30.2 Å². The van der Waals surface area contributed by atoms with Crippen molar-refractivity contribution in [2.75, 3.05) is 18.0 Å². The number of pyridine rings is 1. The minimum atomic E-state index is -0.377. The summed E-state index contributed by atoms with van der Waals surface area (Å²) in [6.07, 6.45) is 3.49. The summed E-state index contributed by atoms with van der Waals surface area (Å²) in [5, 5.41) is 19.2. The van der Waals surface area contributed by atoms with Gasteiger partial charge in [-0.3, -0.25) is 10.1 Å². The van der Waals surface area contributed by atoms with E-state index in [1.165, 1.54) is 11.6 Å². The normalized spacial score (nSPS) is 14.4. The Morgan fingerprint density at radius 1 is 1.26 bits per heavy atom. The number of aromatic nitrogens is 3. The van der Waals surface area contributed by atoms with Crippen molar-refractivity contribution >= 4 is 28.9 Å². The maximum absolute atomic E-state index is 11.3. The molecular weight excluding hydrogens is 366 g/mol. The highest BCUT2D eigenvalue weighted by atomic mass is 32.1. The zero-order valence-electron chi connectivity index (χ0n) is 14.7. The Labute approximate surface area is 159 Å². The highest BCUT2D eigenvalue weighted by Crippen LogP contribution is 2.30. The van der Waals surface area contributed by atoms with E-state index in [4.69, 9.17) is 4.52 Å². The third-order valence-electron chi connectivity index (χ3n) is 4.44. The molecule has 4 heterocycles. The van der Waals surface area contributed by atoms with Crippen LogP contribution in [0.15, 0.2) is 39.1 Å². The monoisotopic (exact) mass is 383 g/mol. The molecule has 0 unspecified atom stereocenters. The first kappa shape index (κ1) is 17.3. The molecule has 138 valence electrons. The highest BCUT2D eigenvalue weighted by Gasteiger charge is 2.24. The van der Waals surface area contributed by atoms with Gasteiger partial charge in [0.2, 0.25) is 5.82 Å². The number of hydrogen-bond acceptors (Lipinski definition) is 8. The number of hydrogen-bond donors (Lipinski definition) is 0. The Kier molecular flexibility index (Phi) is 4.68. The van der Waals surface area contributed by atoms with Gasteiger partial charge in [0.25, 0.3) is 5.89 Å². The fourth-order valence-electron chi connectivity index (χ4n) is 3.04. The van der Waals surface area contributed by atoms with E-state index in [2.05, 4.69) is 15.1 Å². The summed E-state index contributed by atoms with van der Waals surface area (Å²) < 4.78 is 5.30. The topological polar surface area (TPSA) is 98.2 Å². The summed E-state index contributed by atoms with van der Waals surface area (Å²) in [4.78, 5) is 21.7. The molecule has 8 nitrogen and oxygen atoms in total. The highest BCUT2D eigenvalue weighted by molar-refractivity contribution is 7.08. The molecule has 1 aliphatic heterocycles. The van der Waals surface area contributed by atoms with E-state index in [1.807, 2.05) is 34.7 Å². The second-order valence-electron chi connectivity index (χ2n) is 6.31. The van der Waals surface area contributed by atoms with Crippen LogP contribution in [0.3, 0.4) is 0 Å². The first-order chi connectivity index (χ1) is 13.1. The van der Waals surface area contributed by atoms with Gasteiger partial charge < -0.3 is 9.42 Å². The minimum absolute atomic E-state index is 0.0478. The van der Waals surface area contributed by atoms with Gasteiger partial charge >= 0.3 is 5.69 Å². The van der Waals surface area contributed by atoms with Crippen LogP contribution in [0, 0.1) is 17.0 Å². The average Bonchev–Trinajstić information content (AvgIpc) is 3.33. The molecule has 4 rings (SSSR count). The van der Waals surface area contributed by atoms with Crippen molar-refractivity contribution in [1.29, 1.82) is 0 Å². The van der Waals surface area contributed by atoms with Crippen LogP contribution in [0.25, 0.3) is 17.5 Å². The predicted molar refractivity (Wildman–Crippen MR) is 103 cm³/mol. The lowest BCUT2D eigenvalue weighted by Crippen LogP contribution is -2.32. The van der Waals surface area contributed by atoms with Crippen molar-refractivity contribution in [3.63, 3.8) is 0 Å². The quantitative estimate of drug-likeness (QED) is 0.494. The number of thiophene rings is 1. The van der Waals surface area contributed by atoms with Crippen LogP contribution in [0.4, 0.5) is 11.5 Å². The number of anilines is 1. The fourth-order valence-corrected chi connectivity index (χ4v) is 3.67. The summed E-state index contributed by atoms with van der Waals surface area (Å²) in [6.45, 7) is 3.17. The van der Waals surface area contributed by atoms with E-state index in [0.717, 1.165) is 24.1 Å². The largest absolute Gasteiger partial charge is 0.350 e. The summed E-state index contributed by atoms with van der Waals surface area (Å²) >= 11 is 1.58. The Balaban J connectivity index is 1.47. The summed E-state index contributed by atoms with van der Waals surface area (Å²) in [6, 6.07) is 5.13.